The van der Waals surface area contributed by atoms with Gasteiger partial charge in [-0.1, -0.05) is 0 Å². The largest absolute Gasteiger partial charge is 0.493 e. The zero-order valence-electron chi connectivity index (χ0n) is 10.6. The van der Waals surface area contributed by atoms with Gasteiger partial charge >= 0.3 is 7.60 Å². The molecule has 0 heterocycles. The van der Waals surface area contributed by atoms with Gasteiger partial charge < -0.3 is 18.5 Å². The molecule has 0 fully saturated rings. The van der Waals surface area contributed by atoms with Crippen LogP contribution in [0.3, 0.4) is 0 Å². The number of methoxy groups -OCH3 is 2. The third-order valence-corrected chi connectivity index (χ3v) is 4.08. The number of hydrogen-bond donors (Lipinski definition) is 0. The van der Waals surface area contributed by atoms with E-state index in [1.54, 1.807) is 6.07 Å². The molecule has 0 aromatic heterocycles. The van der Waals surface area contributed by atoms with Crippen molar-refractivity contribution in [1.29, 1.82) is 0 Å². The smallest absolute Gasteiger partial charge is 0.401 e. The van der Waals surface area contributed by atoms with Crippen LogP contribution in [-0.2, 0) is 13.6 Å². The monoisotopic (exact) mass is 274 g/mol. The zero-order valence-corrected chi connectivity index (χ0v) is 11.5. The van der Waals surface area contributed by atoms with E-state index in [9.17, 15) is 9.36 Å². The molecule has 18 heavy (non-hydrogen) atoms. The molecule has 0 amide bonds. The molecular weight excluding hydrogens is 259 g/mol. The molecule has 0 saturated carbocycles. The Bertz CT molecular complexity index is 476. The maximum Gasteiger partial charge on any atom is 0.401 e. The van der Waals surface area contributed by atoms with E-state index in [1.807, 2.05) is 0 Å². The molecular formula is C11H15O6P. The summed E-state index contributed by atoms with van der Waals surface area (Å²) in [4.78, 5) is 12.0. The minimum atomic E-state index is -3.78. The molecule has 0 unspecified atom stereocenters. The lowest BCUT2D eigenvalue weighted by atomic mass is 10.2. The molecule has 0 radical (unpaired) electrons. The Kier molecular flexibility index (Phi) is 4.90. The van der Waals surface area contributed by atoms with Gasteiger partial charge in [0.2, 0.25) is 0 Å². The van der Waals surface area contributed by atoms with Gasteiger partial charge in [0.1, 0.15) is 0 Å². The first-order chi connectivity index (χ1) is 8.52. The maximum atomic E-state index is 12.0. The highest BCUT2D eigenvalue weighted by Gasteiger charge is 2.33. The third kappa shape index (κ3) is 2.72. The topological polar surface area (TPSA) is 71.1 Å². The Labute approximate surface area is 105 Å². The average molecular weight is 274 g/mol. The van der Waals surface area contributed by atoms with Crippen molar-refractivity contribution in [3.63, 3.8) is 0 Å². The van der Waals surface area contributed by atoms with E-state index >= 15 is 0 Å². The van der Waals surface area contributed by atoms with Crippen molar-refractivity contribution in [2.75, 3.05) is 28.4 Å². The lowest BCUT2D eigenvalue weighted by Crippen LogP contribution is -2.05. The number of rotatable bonds is 6. The normalized spacial score (nSPS) is 11.1. The lowest BCUT2D eigenvalue weighted by Gasteiger charge is -2.13. The molecule has 0 spiro atoms. The summed E-state index contributed by atoms with van der Waals surface area (Å²) in [5, 5.41) is 0. The van der Waals surface area contributed by atoms with E-state index in [1.165, 1.54) is 26.4 Å². The van der Waals surface area contributed by atoms with Crippen molar-refractivity contribution < 1.29 is 27.9 Å². The summed E-state index contributed by atoms with van der Waals surface area (Å²) in [6.07, 6.45) is 0. The second-order valence-electron chi connectivity index (χ2n) is 3.24. The fourth-order valence-corrected chi connectivity index (χ4v) is 2.30. The van der Waals surface area contributed by atoms with Crippen LogP contribution >= 0.6 is 7.60 Å². The van der Waals surface area contributed by atoms with Gasteiger partial charge in [-0.3, -0.25) is 9.36 Å². The summed E-state index contributed by atoms with van der Waals surface area (Å²) < 4.78 is 31.3. The predicted molar refractivity (Wildman–Crippen MR) is 65.5 cm³/mol. The molecule has 100 valence electrons. The van der Waals surface area contributed by atoms with Crippen molar-refractivity contribution in [2.45, 2.75) is 0 Å². The van der Waals surface area contributed by atoms with E-state index in [2.05, 4.69) is 9.05 Å². The van der Waals surface area contributed by atoms with Crippen LogP contribution in [0.2, 0.25) is 0 Å². The molecule has 1 aromatic rings. The van der Waals surface area contributed by atoms with Gasteiger partial charge in [0.25, 0.3) is 5.52 Å². The molecule has 6 nitrogen and oxygen atoms in total. The second kappa shape index (κ2) is 6.00. The Morgan fingerprint density at radius 3 is 2.00 bits per heavy atom. The highest BCUT2D eigenvalue weighted by molar-refractivity contribution is 7.72. The molecule has 0 aliphatic rings. The molecule has 0 atom stereocenters. The molecule has 0 bridgehead atoms. The van der Waals surface area contributed by atoms with Crippen LogP contribution in [0.1, 0.15) is 10.4 Å². The molecule has 0 saturated heterocycles. The summed E-state index contributed by atoms with van der Waals surface area (Å²) in [5.74, 6) is 0.834. The summed E-state index contributed by atoms with van der Waals surface area (Å²) in [6.45, 7) is 0. The Balaban J connectivity index is 3.19. The van der Waals surface area contributed by atoms with Crippen LogP contribution in [0.25, 0.3) is 0 Å². The van der Waals surface area contributed by atoms with Gasteiger partial charge in [-0.2, -0.15) is 0 Å². The summed E-state index contributed by atoms with van der Waals surface area (Å²) in [7, 11) is 1.45. The first-order valence-electron chi connectivity index (χ1n) is 5.00. The van der Waals surface area contributed by atoms with Gasteiger partial charge in [0, 0.05) is 19.8 Å². The van der Waals surface area contributed by atoms with Crippen molar-refractivity contribution in [3.8, 4) is 11.5 Å². The fourth-order valence-electron chi connectivity index (χ4n) is 1.37. The summed E-state index contributed by atoms with van der Waals surface area (Å²) in [6, 6.07) is 4.43. The predicted octanol–water partition coefficient (Wildman–Crippen LogP) is 2.33. The Morgan fingerprint density at radius 2 is 1.56 bits per heavy atom. The Morgan fingerprint density at radius 1 is 1.00 bits per heavy atom. The minimum absolute atomic E-state index is 0.166. The van der Waals surface area contributed by atoms with Crippen LogP contribution in [0, 0.1) is 0 Å². The van der Waals surface area contributed by atoms with Crippen molar-refractivity contribution in [3.05, 3.63) is 23.8 Å². The van der Waals surface area contributed by atoms with E-state index in [0.717, 1.165) is 14.2 Å². The highest BCUT2D eigenvalue weighted by Crippen LogP contribution is 2.50. The van der Waals surface area contributed by atoms with Crippen molar-refractivity contribution >= 4 is 13.1 Å². The number of carbonyl (C=O) groups excluding carboxylic acids is 1. The van der Waals surface area contributed by atoms with Gasteiger partial charge in [-0.15, -0.1) is 0 Å². The van der Waals surface area contributed by atoms with Crippen molar-refractivity contribution in [1.82, 2.24) is 0 Å². The number of benzene rings is 1. The van der Waals surface area contributed by atoms with Gasteiger partial charge in [-0.25, -0.2) is 0 Å². The molecule has 0 aliphatic carbocycles. The van der Waals surface area contributed by atoms with Crippen LogP contribution in [-0.4, -0.2) is 34.0 Å². The van der Waals surface area contributed by atoms with E-state index in [4.69, 9.17) is 9.47 Å². The summed E-state index contributed by atoms with van der Waals surface area (Å²) in [5.41, 5.74) is -0.562. The van der Waals surface area contributed by atoms with Crippen LogP contribution in [0.15, 0.2) is 18.2 Å². The van der Waals surface area contributed by atoms with Crippen LogP contribution in [0.5, 0.6) is 11.5 Å². The highest BCUT2D eigenvalue weighted by atomic mass is 31.2. The van der Waals surface area contributed by atoms with Crippen molar-refractivity contribution in [2.24, 2.45) is 0 Å². The van der Waals surface area contributed by atoms with E-state index < -0.39 is 13.1 Å². The van der Waals surface area contributed by atoms with E-state index in [-0.39, 0.29) is 5.56 Å². The van der Waals surface area contributed by atoms with Crippen LogP contribution < -0.4 is 9.47 Å². The average Bonchev–Trinajstić information content (AvgIpc) is 2.44. The lowest BCUT2D eigenvalue weighted by molar-refractivity contribution is 0.102. The molecule has 1 aromatic carbocycles. The number of ether oxygens (including phenoxy) is 2. The fraction of sp³-hybridized carbons (Fsp3) is 0.364. The molecule has 7 heteroatoms. The molecule has 0 N–H and O–H groups in total. The maximum absolute atomic E-state index is 12.0. The third-order valence-electron chi connectivity index (χ3n) is 2.36. The molecule has 0 aliphatic heterocycles. The van der Waals surface area contributed by atoms with Crippen LogP contribution in [0.4, 0.5) is 0 Å². The zero-order chi connectivity index (χ0) is 13.8. The first kappa shape index (κ1) is 14.7. The number of carbonyl (C=O) groups is 1. The first-order valence-corrected chi connectivity index (χ1v) is 6.55. The second-order valence-corrected chi connectivity index (χ2v) is 5.37. The number of hydrogen-bond acceptors (Lipinski definition) is 6. The Hall–Kier alpha value is -1.36. The van der Waals surface area contributed by atoms with Gasteiger partial charge in [0.05, 0.1) is 14.2 Å². The summed E-state index contributed by atoms with van der Waals surface area (Å²) >= 11 is 0. The van der Waals surface area contributed by atoms with E-state index in [0.29, 0.717) is 11.5 Å². The quantitative estimate of drug-likeness (QED) is 0.741. The molecule has 1 rings (SSSR count). The SMILES string of the molecule is COc1ccc(C(=O)P(=O)(OC)OC)cc1OC. The standard InChI is InChI=1S/C11H15O6P/c1-14-9-6-5-8(7-10(9)15-2)11(12)18(13,16-3)17-4/h5-7H,1-4H3. The van der Waals surface area contributed by atoms with Gasteiger partial charge in [0.15, 0.2) is 11.5 Å². The minimum Gasteiger partial charge on any atom is -0.493 e. The van der Waals surface area contributed by atoms with Gasteiger partial charge in [-0.05, 0) is 18.2 Å².